The van der Waals surface area contributed by atoms with Crippen LogP contribution in [0.15, 0.2) is 24.3 Å². The Balaban J connectivity index is 2.19. The van der Waals surface area contributed by atoms with Gasteiger partial charge in [0.1, 0.15) is 30.5 Å². The van der Waals surface area contributed by atoms with Gasteiger partial charge in [0.2, 0.25) is 0 Å². The number of allylic oxidation sites excluding steroid dienone is 4. The van der Waals surface area contributed by atoms with Crippen molar-refractivity contribution in [2.75, 3.05) is 26.4 Å². The van der Waals surface area contributed by atoms with Gasteiger partial charge in [-0.25, -0.2) is 0 Å². The molecule has 6 atom stereocenters. The average Bonchev–Trinajstić information content (AvgIpc) is 3.26. The number of ether oxygens (including phenoxy) is 4. The maximum Gasteiger partial charge on any atom is 0.306 e. The highest BCUT2D eigenvalue weighted by atomic mass is 16.7. The molecule has 0 aromatic rings. The molecule has 6 unspecified atom stereocenters. The zero-order valence-electron chi connectivity index (χ0n) is 39.7. The summed E-state index contributed by atoms with van der Waals surface area (Å²) in [5.41, 5.74) is 0. The molecule has 0 amide bonds. The summed E-state index contributed by atoms with van der Waals surface area (Å²) in [6.45, 7) is 4.57. The lowest BCUT2D eigenvalue weighted by Gasteiger charge is -2.39. The van der Waals surface area contributed by atoms with Crippen molar-refractivity contribution < 1.29 is 44.2 Å². The molecule has 1 rings (SSSR count). The van der Waals surface area contributed by atoms with E-state index in [-0.39, 0.29) is 19.2 Å². The van der Waals surface area contributed by atoms with E-state index in [4.69, 9.17) is 18.9 Å². The van der Waals surface area contributed by atoms with E-state index in [0.29, 0.717) is 13.0 Å². The summed E-state index contributed by atoms with van der Waals surface area (Å²) in [4.78, 5) is 12.8. The number of unbranched alkanes of at least 4 members (excludes halogenated alkanes) is 30. The van der Waals surface area contributed by atoms with Crippen LogP contribution in [0.3, 0.4) is 0 Å². The normalized spacial score (nSPS) is 20.0. The number of rotatable bonds is 45. The molecule has 4 N–H and O–H groups in total. The number of aliphatic hydroxyl groups excluding tert-OH is 4. The van der Waals surface area contributed by atoms with E-state index in [2.05, 4.69) is 38.2 Å². The van der Waals surface area contributed by atoms with Gasteiger partial charge in [0, 0.05) is 13.0 Å². The van der Waals surface area contributed by atoms with Crippen LogP contribution in [0.2, 0.25) is 0 Å². The summed E-state index contributed by atoms with van der Waals surface area (Å²) < 4.78 is 22.9. The highest BCUT2D eigenvalue weighted by Crippen LogP contribution is 2.23. The molecule has 1 heterocycles. The zero-order chi connectivity index (χ0) is 44.3. The van der Waals surface area contributed by atoms with Crippen LogP contribution in [0.1, 0.15) is 239 Å². The topological polar surface area (TPSA) is 135 Å². The van der Waals surface area contributed by atoms with Gasteiger partial charge in [0.15, 0.2) is 6.29 Å². The van der Waals surface area contributed by atoms with E-state index >= 15 is 0 Å². The predicted molar refractivity (Wildman–Crippen MR) is 252 cm³/mol. The fourth-order valence-electron chi connectivity index (χ4n) is 8.05. The summed E-state index contributed by atoms with van der Waals surface area (Å²) in [5, 5.41) is 40.2. The summed E-state index contributed by atoms with van der Waals surface area (Å²) >= 11 is 0. The van der Waals surface area contributed by atoms with Crippen molar-refractivity contribution in [2.24, 2.45) is 0 Å². The van der Waals surface area contributed by atoms with Gasteiger partial charge in [0.05, 0.1) is 19.8 Å². The standard InChI is InChI=1S/C52H98O9/c1-3-5-7-9-11-13-15-17-19-21-23-24-25-27-29-31-33-35-37-39-41-48(54)60-46(45-59-52-51(57)50(56)49(55)47(43-53)61-52)44-58-42-40-38-36-34-32-30-28-26-22-20-18-16-14-12-10-8-6-4-2/h12,14,18,20,46-47,49-53,55-57H,3-11,13,15-17,19,21-45H2,1-2H3/b14-12-,20-18-. The maximum atomic E-state index is 12.8. The number of carbonyl (C=O) groups is 1. The Hall–Kier alpha value is -1.33. The van der Waals surface area contributed by atoms with Crippen molar-refractivity contribution in [2.45, 2.75) is 275 Å². The van der Waals surface area contributed by atoms with E-state index in [0.717, 1.165) is 38.5 Å². The molecule has 0 saturated carbocycles. The molecule has 0 aromatic carbocycles. The Bertz CT molecular complexity index is 988. The molecule has 0 bridgehead atoms. The summed E-state index contributed by atoms with van der Waals surface area (Å²) in [7, 11) is 0. The van der Waals surface area contributed by atoms with Gasteiger partial charge in [-0.05, 0) is 44.9 Å². The van der Waals surface area contributed by atoms with Crippen LogP contribution >= 0.6 is 0 Å². The molecule has 360 valence electrons. The minimum atomic E-state index is -1.54. The molecule has 0 aromatic heterocycles. The first-order chi connectivity index (χ1) is 29.9. The van der Waals surface area contributed by atoms with Gasteiger partial charge in [-0.15, -0.1) is 0 Å². The predicted octanol–water partition coefficient (Wildman–Crippen LogP) is 12.5. The van der Waals surface area contributed by atoms with E-state index in [1.165, 1.54) is 180 Å². The highest BCUT2D eigenvalue weighted by Gasteiger charge is 2.44. The molecule has 1 saturated heterocycles. The third-order valence-corrected chi connectivity index (χ3v) is 12.1. The first kappa shape index (κ1) is 57.7. The smallest absolute Gasteiger partial charge is 0.306 e. The number of hydrogen-bond acceptors (Lipinski definition) is 9. The quantitative estimate of drug-likeness (QED) is 0.0268. The van der Waals surface area contributed by atoms with Crippen molar-refractivity contribution >= 4 is 5.97 Å². The fraction of sp³-hybridized carbons (Fsp3) is 0.904. The van der Waals surface area contributed by atoms with Gasteiger partial charge >= 0.3 is 5.97 Å². The number of esters is 1. The number of carbonyl (C=O) groups excluding carboxylic acids is 1. The third-order valence-electron chi connectivity index (χ3n) is 12.1. The minimum absolute atomic E-state index is 0.111. The SMILES string of the molecule is CCCCC/C=C\C/C=C\CCCCCCCCCCOCC(COC1OC(CO)C(O)C(O)C1O)OC(=O)CCCCCCCCCCCCCCCCCCCCCC. The van der Waals surface area contributed by atoms with E-state index < -0.39 is 43.4 Å². The molecule has 0 radical (unpaired) electrons. The van der Waals surface area contributed by atoms with Crippen molar-refractivity contribution in [3.63, 3.8) is 0 Å². The van der Waals surface area contributed by atoms with Crippen molar-refractivity contribution in [1.29, 1.82) is 0 Å². The van der Waals surface area contributed by atoms with Gasteiger partial charge in [-0.2, -0.15) is 0 Å². The lowest BCUT2D eigenvalue weighted by molar-refractivity contribution is -0.305. The zero-order valence-corrected chi connectivity index (χ0v) is 39.7. The van der Waals surface area contributed by atoms with Crippen LogP contribution in [0.25, 0.3) is 0 Å². The van der Waals surface area contributed by atoms with Crippen LogP contribution < -0.4 is 0 Å². The second-order valence-electron chi connectivity index (χ2n) is 18.0. The van der Waals surface area contributed by atoms with Crippen molar-refractivity contribution in [3.8, 4) is 0 Å². The first-order valence-electron chi connectivity index (χ1n) is 25.9. The Labute approximate surface area is 375 Å². The highest BCUT2D eigenvalue weighted by molar-refractivity contribution is 5.69. The Morgan fingerprint density at radius 3 is 1.44 bits per heavy atom. The number of hydrogen-bond donors (Lipinski definition) is 4. The van der Waals surface area contributed by atoms with E-state index in [1.807, 2.05) is 0 Å². The Kier molecular flexibility index (Phi) is 41.5. The molecule has 9 nitrogen and oxygen atoms in total. The van der Waals surface area contributed by atoms with E-state index in [9.17, 15) is 25.2 Å². The van der Waals surface area contributed by atoms with Gasteiger partial charge in [-0.1, -0.05) is 212 Å². The Morgan fingerprint density at radius 1 is 0.525 bits per heavy atom. The van der Waals surface area contributed by atoms with Crippen LogP contribution in [-0.4, -0.2) is 89.6 Å². The second-order valence-corrected chi connectivity index (χ2v) is 18.0. The average molecular weight is 867 g/mol. The van der Waals surface area contributed by atoms with Gasteiger partial charge < -0.3 is 39.4 Å². The lowest BCUT2D eigenvalue weighted by atomic mass is 9.99. The van der Waals surface area contributed by atoms with Crippen LogP contribution in [-0.2, 0) is 23.7 Å². The summed E-state index contributed by atoms with van der Waals surface area (Å²) in [6.07, 6.45) is 44.9. The lowest BCUT2D eigenvalue weighted by Crippen LogP contribution is -2.59. The molecule has 1 aliphatic heterocycles. The van der Waals surface area contributed by atoms with Gasteiger partial charge in [0.25, 0.3) is 0 Å². The monoisotopic (exact) mass is 867 g/mol. The van der Waals surface area contributed by atoms with Crippen LogP contribution in [0.4, 0.5) is 0 Å². The molecule has 0 aliphatic carbocycles. The first-order valence-corrected chi connectivity index (χ1v) is 25.9. The van der Waals surface area contributed by atoms with E-state index in [1.54, 1.807) is 0 Å². The largest absolute Gasteiger partial charge is 0.457 e. The minimum Gasteiger partial charge on any atom is -0.457 e. The molecule has 9 heteroatoms. The van der Waals surface area contributed by atoms with Crippen LogP contribution in [0.5, 0.6) is 0 Å². The number of aliphatic hydroxyl groups is 4. The second kappa shape index (κ2) is 43.9. The third kappa shape index (κ3) is 34.7. The molecular weight excluding hydrogens is 769 g/mol. The molecule has 1 fully saturated rings. The van der Waals surface area contributed by atoms with Crippen molar-refractivity contribution in [3.05, 3.63) is 24.3 Å². The molecular formula is C52H98O9. The van der Waals surface area contributed by atoms with Crippen LogP contribution in [0, 0.1) is 0 Å². The summed E-state index contributed by atoms with van der Waals surface area (Å²) in [6, 6.07) is 0. The van der Waals surface area contributed by atoms with Gasteiger partial charge in [-0.3, -0.25) is 4.79 Å². The van der Waals surface area contributed by atoms with Crippen molar-refractivity contribution in [1.82, 2.24) is 0 Å². The molecule has 61 heavy (non-hydrogen) atoms. The molecule has 0 spiro atoms. The molecule has 1 aliphatic rings. The maximum absolute atomic E-state index is 12.8. The fourth-order valence-corrected chi connectivity index (χ4v) is 8.05. The Morgan fingerprint density at radius 2 is 0.951 bits per heavy atom. The summed E-state index contributed by atoms with van der Waals surface area (Å²) in [5.74, 6) is -0.310.